The molecule has 4 nitrogen and oxygen atoms in total. The summed E-state index contributed by atoms with van der Waals surface area (Å²) in [4.78, 5) is 21.3. The lowest BCUT2D eigenvalue weighted by Gasteiger charge is -2.04. The first-order valence-corrected chi connectivity index (χ1v) is 3.84. The maximum absolute atomic E-state index is 10.8. The van der Waals surface area contributed by atoms with Crippen LogP contribution in [0.15, 0.2) is 12.1 Å². The van der Waals surface area contributed by atoms with Gasteiger partial charge in [-0.25, -0.2) is 4.79 Å². The number of hydrogen-bond donors (Lipinski definition) is 1. The summed E-state index contributed by atoms with van der Waals surface area (Å²) in [6.45, 7) is 1.51. The summed E-state index contributed by atoms with van der Waals surface area (Å²) in [7, 11) is 0. The molecule has 0 bridgehead atoms. The number of carbonyl (C=O) groups is 2. The van der Waals surface area contributed by atoms with Crippen molar-refractivity contribution in [2.24, 2.45) is 0 Å². The van der Waals surface area contributed by atoms with Crippen LogP contribution in [0.3, 0.4) is 0 Å². The molecule has 1 rings (SSSR count). The van der Waals surface area contributed by atoms with Gasteiger partial charge in [-0.05, 0) is 24.6 Å². The van der Waals surface area contributed by atoms with E-state index in [9.17, 15) is 9.59 Å². The summed E-state index contributed by atoms with van der Waals surface area (Å²) in [6, 6.07) is 4.63. The van der Waals surface area contributed by atoms with E-state index in [0.29, 0.717) is 11.8 Å². The van der Waals surface area contributed by atoms with Gasteiger partial charge in [0.05, 0.1) is 17.2 Å². The van der Waals surface area contributed by atoms with Crippen LogP contribution >= 0.6 is 0 Å². The molecular formula is C10H7NO3. The van der Waals surface area contributed by atoms with Gasteiger partial charge in [0.1, 0.15) is 0 Å². The zero-order chi connectivity index (χ0) is 10.7. The van der Waals surface area contributed by atoms with Crippen LogP contribution in [-0.2, 0) is 0 Å². The van der Waals surface area contributed by atoms with Crippen molar-refractivity contribution in [1.29, 1.82) is 5.26 Å². The number of rotatable bonds is 2. The minimum absolute atomic E-state index is 0.0917. The van der Waals surface area contributed by atoms with Crippen molar-refractivity contribution in [2.75, 3.05) is 0 Å². The highest BCUT2D eigenvalue weighted by Crippen LogP contribution is 2.16. The number of nitriles is 1. The lowest BCUT2D eigenvalue weighted by molar-refractivity contribution is 0.0693. The summed E-state index contributed by atoms with van der Waals surface area (Å²) in [5.41, 5.74) is 0.589. The Morgan fingerprint density at radius 1 is 1.57 bits per heavy atom. The van der Waals surface area contributed by atoms with Crippen molar-refractivity contribution in [2.45, 2.75) is 6.92 Å². The van der Waals surface area contributed by atoms with E-state index in [4.69, 9.17) is 10.4 Å². The standard InChI is InChI=1S/C10H7NO3/c1-6-7(4-11)2-3-8(5-12)9(6)10(13)14/h2-3,5H,1H3,(H,13,14). The van der Waals surface area contributed by atoms with E-state index in [2.05, 4.69) is 0 Å². The number of benzene rings is 1. The smallest absolute Gasteiger partial charge is 0.336 e. The largest absolute Gasteiger partial charge is 0.478 e. The molecule has 0 aliphatic heterocycles. The molecule has 0 aromatic heterocycles. The summed E-state index contributed by atoms with van der Waals surface area (Å²) >= 11 is 0. The van der Waals surface area contributed by atoms with E-state index in [1.807, 2.05) is 6.07 Å². The Kier molecular flexibility index (Phi) is 2.63. The van der Waals surface area contributed by atoms with E-state index in [1.54, 1.807) is 0 Å². The third-order valence-electron chi connectivity index (χ3n) is 1.96. The van der Waals surface area contributed by atoms with E-state index in [1.165, 1.54) is 19.1 Å². The third kappa shape index (κ3) is 1.48. The quantitative estimate of drug-likeness (QED) is 0.713. The van der Waals surface area contributed by atoms with Crippen molar-refractivity contribution in [3.8, 4) is 6.07 Å². The molecule has 0 atom stereocenters. The highest BCUT2D eigenvalue weighted by atomic mass is 16.4. The molecule has 0 saturated heterocycles. The second kappa shape index (κ2) is 3.71. The number of aromatic carboxylic acids is 1. The first kappa shape index (κ1) is 9.93. The Morgan fingerprint density at radius 2 is 2.21 bits per heavy atom. The first-order chi connectivity index (χ1) is 6.61. The SMILES string of the molecule is Cc1c(C#N)ccc(C=O)c1C(=O)O. The topological polar surface area (TPSA) is 78.2 Å². The van der Waals surface area contributed by atoms with Crippen LogP contribution < -0.4 is 0 Å². The number of carbonyl (C=O) groups excluding carboxylic acids is 1. The van der Waals surface area contributed by atoms with Gasteiger partial charge < -0.3 is 5.11 Å². The summed E-state index contributed by atoms with van der Waals surface area (Å²) in [5, 5.41) is 17.5. The summed E-state index contributed by atoms with van der Waals surface area (Å²) < 4.78 is 0. The van der Waals surface area contributed by atoms with Crippen LogP contribution in [0.25, 0.3) is 0 Å². The molecule has 14 heavy (non-hydrogen) atoms. The molecule has 0 saturated carbocycles. The Bertz CT molecular complexity index is 443. The second-order valence-electron chi connectivity index (χ2n) is 2.74. The van der Waals surface area contributed by atoms with Gasteiger partial charge in [-0.3, -0.25) is 4.79 Å². The van der Waals surface area contributed by atoms with Gasteiger partial charge in [0, 0.05) is 5.56 Å². The van der Waals surface area contributed by atoms with Crippen LogP contribution in [0.2, 0.25) is 0 Å². The fraction of sp³-hybridized carbons (Fsp3) is 0.100. The molecule has 1 N–H and O–H groups in total. The van der Waals surface area contributed by atoms with Gasteiger partial charge in [0.2, 0.25) is 0 Å². The fourth-order valence-electron chi connectivity index (χ4n) is 1.24. The molecule has 0 unspecified atom stereocenters. The van der Waals surface area contributed by atoms with Crippen LogP contribution in [0.4, 0.5) is 0 Å². The van der Waals surface area contributed by atoms with E-state index in [0.717, 1.165) is 0 Å². The highest BCUT2D eigenvalue weighted by molar-refractivity contribution is 5.99. The Labute approximate surface area is 80.4 Å². The second-order valence-corrected chi connectivity index (χ2v) is 2.74. The van der Waals surface area contributed by atoms with Gasteiger partial charge in [0.25, 0.3) is 0 Å². The third-order valence-corrected chi connectivity index (χ3v) is 1.96. The Hall–Kier alpha value is -2.15. The summed E-state index contributed by atoms with van der Waals surface area (Å²) in [6.07, 6.45) is 0.470. The van der Waals surface area contributed by atoms with Crippen molar-refractivity contribution >= 4 is 12.3 Å². The molecule has 0 heterocycles. The number of nitrogens with zero attached hydrogens (tertiary/aromatic N) is 1. The Morgan fingerprint density at radius 3 is 2.64 bits per heavy atom. The minimum Gasteiger partial charge on any atom is -0.478 e. The van der Waals surface area contributed by atoms with E-state index < -0.39 is 5.97 Å². The first-order valence-electron chi connectivity index (χ1n) is 3.84. The Balaban J connectivity index is 3.56. The van der Waals surface area contributed by atoms with Gasteiger partial charge in [-0.2, -0.15) is 5.26 Å². The van der Waals surface area contributed by atoms with Crippen LogP contribution in [0.5, 0.6) is 0 Å². The number of carboxylic acid groups (broad SMARTS) is 1. The van der Waals surface area contributed by atoms with E-state index >= 15 is 0 Å². The maximum Gasteiger partial charge on any atom is 0.336 e. The zero-order valence-electron chi connectivity index (χ0n) is 7.44. The molecule has 0 radical (unpaired) electrons. The van der Waals surface area contributed by atoms with Crippen LogP contribution in [-0.4, -0.2) is 17.4 Å². The number of aldehydes is 1. The summed E-state index contributed by atoms with van der Waals surface area (Å²) in [5.74, 6) is -1.19. The molecule has 70 valence electrons. The lowest BCUT2D eigenvalue weighted by Crippen LogP contribution is -2.06. The molecule has 0 aliphatic carbocycles. The molecule has 0 fully saturated rings. The van der Waals surface area contributed by atoms with E-state index in [-0.39, 0.29) is 16.7 Å². The highest BCUT2D eigenvalue weighted by Gasteiger charge is 2.15. The number of hydrogen-bond acceptors (Lipinski definition) is 3. The minimum atomic E-state index is -1.19. The molecule has 0 amide bonds. The van der Waals surface area contributed by atoms with Gasteiger partial charge in [-0.1, -0.05) is 0 Å². The normalized spacial score (nSPS) is 9.14. The monoisotopic (exact) mass is 189 g/mol. The number of carboxylic acids is 1. The van der Waals surface area contributed by atoms with Crippen molar-refractivity contribution in [3.63, 3.8) is 0 Å². The van der Waals surface area contributed by atoms with Gasteiger partial charge >= 0.3 is 5.97 Å². The molecule has 4 heteroatoms. The lowest BCUT2D eigenvalue weighted by atomic mass is 9.98. The molecule has 0 spiro atoms. The van der Waals surface area contributed by atoms with Crippen molar-refractivity contribution in [3.05, 3.63) is 34.4 Å². The van der Waals surface area contributed by atoms with Crippen molar-refractivity contribution < 1.29 is 14.7 Å². The molecular weight excluding hydrogens is 182 g/mol. The average molecular weight is 189 g/mol. The predicted molar refractivity (Wildman–Crippen MR) is 48.2 cm³/mol. The molecule has 1 aromatic rings. The van der Waals surface area contributed by atoms with Gasteiger partial charge in [-0.15, -0.1) is 0 Å². The van der Waals surface area contributed by atoms with Crippen LogP contribution in [0, 0.1) is 18.3 Å². The molecule has 1 aromatic carbocycles. The predicted octanol–water partition coefficient (Wildman–Crippen LogP) is 1.38. The average Bonchev–Trinajstić information content (AvgIpc) is 2.16. The molecule has 0 aliphatic rings. The van der Waals surface area contributed by atoms with Crippen LogP contribution in [0.1, 0.15) is 31.8 Å². The van der Waals surface area contributed by atoms with Crippen molar-refractivity contribution in [1.82, 2.24) is 0 Å². The van der Waals surface area contributed by atoms with Gasteiger partial charge in [0.15, 0.2) is 6.29 Å². The zero-order valence-corrected chi connectivity index (χ0v) is 7.44. The fourth-order valence-corrected chi connectivity index (χ4v) is 1.24. The maximum atomic E-state index is 10.8.